The highest BCUT2D eigenvalue weighted by atomic mass is 35.5. The van der Waals surface area contributed by atoms with Crippen LogP contribution in [0.4, 0.5) is 10.8 Å². The van der Waals surface area contributed by atoms with Crippen molar-refractivity contribution in [3.63, 3.8) is 0 Å². The lowest BCUT2D eigenvalue weighted by atomic mass is 10.2. The minimum Gasteiger partial charge on any atom is -0.465 e. The van der Waals surface area contributed by atoms with Crippen molar-refractivity contribution in [3.8, 4) is 11.3 Å². The monoisotopic (exact) mass is 662 g/mol. The van der Waals surface area contributed by atoms with Crippen molar-refractivity contribution in [2.45, 2.75) is 17.1 Å². The van der Waals surface area contributed by atoms with Gasteiger partial charge in [-0.2, -0.15) is 0 Å². The first-order valence-electron chi connectivity index (χ1n) is 13.2. The minimum absolute atomic E-state index is 0.0150. The fourth-order valence-electron chi connectivity index (χ4n) is 3.89. The van der Waals surface area contributed by atoms with Crippen molar-refractivity contribution in [3.05, 3.63) is 124 Å². The van der Waals surface area contributed by atoms with Gasteiger partial charge in [-0.1, -0.05) is 41.4 Å². The molecule has 0 saturated heterocycles. The Balaban J connectivity index is 1.19. The molecular formula is C32H24Cl2N4O4S2. The van der Waals surface area contributed by atoms with Gasteiger partial charge in [0, 0.05) is 38.2 Å². The lowest BCUT2D eigenvalue weighted by Crippen LogP contribution is -2.30. The van der Waals surface area contributed by atoms with E-state index in [4.69, 9.17) is 27.6 Å². The average Bonchev–Trinajstić information content (AvgIpc) is 3.70. The summed E-state index contributed by atoms with van der Waals surface area (Å²) >= 11 is 14.9. The summed E-state index contributed by atoms with van der Waals surface area (Å²) in [6, 6.07) is 24.1. The number of thiazole rings is 1. The molecule has 3 amide bonds. The molecule has 3 N–H and O–H groups in total. The van der Waals surface area contributed by atoms with Gasteiger partial charge in [0.2, 0.25) is 5.91 Å². The second-order valence-corrected chi connectivity index (χ2v) is 12.4. The van der Waals surface area contributed by atoms with E-state index < -0.39 is 17.1 Å². The topological polar surface area (TPSA) is 113 Å². The highest BCUT2D eigenvalue weighted by Crippen LogP contribution is 2.33. The maximum atomic E-state index is 13.1. The highest BCUT2D eigenvalue weighted by Gasteiger charge is 2.18. The number of amides is 3. The molecule has 5 rings (SSSR count). The van der Waals surface area contributed by atoms with Crippen LogP contribution in [-0.2, 0) is 9.59 Å². The molecule has 12 heteroatoms. The second-order valence-electron chi connectivity index (χ2n) is 9.28. The quantitative estimate of drug-likeness (QED) is 0.103. The predicted molar refractivity (Wildman–Crippen MR) is 177 cm³/mol. The summed E-state index contributed by atoms with van der Waals surface area (Å²) in [6.45, 7) is 1.79. The van der Waals surface area contributed by atoms with E-state index in [1.165, 1.54) is 35.4 Å². The number of furan rings is 1. The van der Waals surface area contributed by atoms with Crippen molar-refractivity contribution < 1.29 is 18.8 Å². The lowest BCUT2D eigenvalue weighted by Gasteiger charge is -2.13. The summed E-state index contributed by atoms with van der Waals surface area (Å²) in [4.78, 5) is 44.1. The van der Waals surface area contributed by atoms with Gasteiger partial charge in [-0.25, -0.2) is 4.98 Å². The summed E-state index contributed by atoms with van der Waals surface area (Å²) in [6.07, 6.45) is 2.93. The first kappa shape index (κ1) is 31.1. The molecule has 5 aromatic rings. The Bertz CT molecular complexity index is 1810. The summed E-state index contributed by atoms with van der Waals surface area (Å²) in [5.74, 6) is -0.760. The van der Waals surface area contributed by atoms with E-state index in [1.807, 2.05) is 5.38 Å². The summed E-state index contributed by atoms with van der Waals surface area (Å²) < 4.78 is 5.33. The van der Waals surface area contributed by atoms with Crippen molar-refractivity contribution in [1.29, 1.82) is 0 Å². The molecule has 0 fully saturated rings. The SMILES string of the molecule is CC(Sc1ccc(NC(=O)/C(=C/c2ccco2)NC(=O)c2ccccc2)cc1)C(=O)Nc1nc(-c2ccc(Cl)cc2Cl)cs1. The van der Waals surface area contributed by atoms with Gasteiger partial charge in [-0.15, -0.1) is 23.1 Å². The first-order chi connectivity index (χ1) is 21.2. The maximum absolute atomic E-state index is 13.1. The lowest BCUT2D eigenvalue weighted by molar-refractivity contribution is -0.115. The van der Waals surface area contributed by atoms with Crippen LogP contribution in [0.15, 0.2) is 112 Å². The molecule has 0 radical (unpaired) electrons. The van der Waals surface area contributed by atoms with Crippen LogP contribution in [0.2, 0.25) is 10.0 Å². The van der Waals surface area contributed by atoms with Crippen LogP contribution in [0.25, 0.3) is 17.3 Å². The number of nitrogens with zero attached hydrogens (tertiary/aromatic N) is 1. The van der Waals surface area contributed by atoms with E-state index in [0.717, 1.165) is 10.5 Å². The van der Waals surface area contributed by atoms with Crippen LogP contribution in [0, 0.1) is 0 Å². The van der Waals surface area contributed by atoms with Crippen LogP contribution >= 0.6 is 46.3 Å². The molecule has 0 spiro atoms. The van der Waals surface area contributed by atoms with Gasteiger partial charge in [-0.3, -0.25) is 14.4 Å². The minimum atomic E-state index is -0.526. The maximum Gasteiger partial charge on any atom is 0.272 e. The molecule has 3 aromatic carbocycles. The van der Waals surface area contributed by atoms with Crippen molar-refractivity contribution in [2.75, 3.05) is 10.6 Å². The highest BCUT2D eigenvalue weighted by molar-refractivity contribution is 8.00. The molecule has 2 aromatic heterocycles. The molecule has 0 aliphatic heterocycles. The molecule has 222 valence electrons. The van der Waals surface area contributed by atoms with Gasteiger partial charge in [0.05, 0.1) is 22.2 Å². The second kappa shape index (κ2) is 14.4. The molecule has 0 aliphatic rings. The molecule has 8 nitrogen and oxygen atoms in total. The number of carbonyl (C=O) groups excluding carboxylic acids is 3. The van der Waals surface area contributed by atoms with E-state index in [-0.39, 0.29) is 11.6 Å². The van der Waals surface area contributed by atoms with Crippen molar-refractivity contribution in [1.82, 2.24) is 10.3 Å². The zero-order chi connectivity index (χ0) is 31.1. The predicted octanol–water partition coefficient (Wildman–Crippen LogP) is 8.24. The summed E-state index contributed by atoms with van der Waals surface area (Å²) in [5, 5.41) is 11.2. The number of carbonyl (C=O) groups is 3. The van der Waals surface area contributed by atoms with E-state index in [9.17, 15) is 14.4 Å². The smallest absolute Gasteiger partial charge is 0.272 e. The van der Waals surface area contributed by atoms with Gasteiger partial charge in [0.15, 0.2) is 5.13 Å². The third kappa shape index (κ3) is 8.18. The number of hydrogen-bond donors (Lipinski definition) is 3. The normalized spacial score (nSPS) is 11.9. The average molecular weight is 664 g/mol. The molecule has 0 bridgehead atoms. The number of rotatable bonds is 10. The van der Waals surface area contributed by atoms with Gasteiger partial charge in [0.25, 0.3) is 11.8 Å². The van der Waals surface area contributed by atoms with E-state index in [2.05, 4.69) is 20.9 Å². The number of benzene rings is 3. The van der Waals surface area contributed by atoms with Gasteiger partial charge < -0.3 is 20.4 Å². The van der Waals surface area contributed by atoms with Crippen molar-refractivity contribution >= 4 is 80.9 Å². The Labute approximate surface area is 271 Å². The van der Waals surface area contributed by atoms with E-state index in [0.29, 0.717) is 37.9 Å². The Kier molecular flexibility index (Phi) is 10.2. The molecular weight excluding hydrogens is 639 g/mol. The molecule has 1 atom stereocenters. The Hall–Kier alpha value is -4.35. The largest absolute Gasteiger partial charge is 0.465 e. The molecule has 0 saturated carbocycles. The van der Waals surface area contributed by atoms with Crippen molar-refractivity contribution in [2.24, 2.45) is 0 Å². The fourth-order valence-corrected chi connectivity index (χ4v) is 5.98. The zero-order valence-corrected chi connectivity index (χ0v) is 26.2. The number of halogens is 2. The third-order valence-corrected chi connectivity index (χ3v) is 8.51. The molecule has 2 heterocycles. The number of nitrogens with one attached hydrogen (secondary N) is 3. The van der Waals surface area contributed by atoms with Gasteiger partial charge in [-0.05, 0) is 73.7 Å². The van der Waals surface area contributed by atoms with Crippen LogP contribution in [0.3, 0.4) is 0 Å². The van der Waals surface area contributed by atoms with Gasteiger partial charge >= 0.3 is 0 Å². The summed E-state index contributed by atoms with van der Waals surface area (Å²) in [5.41, 5.74) is 2.30. The van der Waals surface area contributed by atoms with Crippen LogP contribution in [-0.4, -0.2) is 28.0 Å². The first-order valence-corrected chi connectivity index (χ1v) is 15.7. The molecule has 1 unspecified atom stereocenters. The Morgan fingerprint density at radius 2 is 1.73 bits per heavy atom. The number of thioether (sulfide) groups is 1. The Morgan fingerprint density at radius 3 is 2.43 bits per heavy atom. The Morgan fingerprint density at radius 1 is 0.955 bits per heavy atom. The van der Waals surface area contributed by atoms with E-state index >= 15 is 0 Å². The van der Waals surface area contributed by atoms with Gasteiger partial charge in [0.1, 0.15) is 11.5 Å². The number of anilines is 2. The third-order valence-electron chi connectivity index (χ3n) is 6.09. The fraction of sp³-hybridized carbons (Fsp3) is 0.0625. The molecule has 0 aliphatic carbocycles. The zero-order valence-electron chi connectivity index (χ0n) is 23.0. The number of aromatic nitrogens is 1. The summed E-state index contributed by atoms with van der Waals surface area (Å²) in [7, 11) is 0. The van der Waals surface area contributed by atoms with Crippen LogP contribution in [0.5, 0.6) is 0 Å². The molecule has 44 heavy (non-hydrogen) atoms. The van der Waals surface area contributed by atoms with E-state index in [1.54, 1.807) is 91.9 Å². The number of hydrogen-bond acceptors (Lipinski definition) is 7. The standard InChI is InChI=1S/C32H24Cl2N4O4S2/c1-19(29(39)38-32-37-28(18-43-32)25-14-9-21(33)16-26(25)34)44-24-12-10-22(11-13-24)35-31(41)27(17-23-8-5-15-42-23)36-30(40)20-6-3-2-4-7-20/h2-19H,1H3,(H,35,41)(H,36,40)(H,37,38,39)/b27-17-. The van der Waals surface area contributed by atoms with Crippen LogP contribution < -0.4 is 16.0 Å². The van der Waals surface area contributed by atoms with Crippen LogP contribution in [0.1, 0.15) is 23.0 Å².